The fraction of sp³-hybridized carbons (Fsp3) is 0. The topological polar surface area (TPSA) is 57.4 Å². The summed E-state index contributed by atoms with van der Waals surface area (Å²) in [6.45, 7) is 0. The normalized spacial score (nSPS) is 11.3. The van der Waals surface area contributed by atoms with Crippen LogP contribution in [0, 0.1) is 0 Å². The smallest absolute Gasteiger partial charge is 0.138 e. The van der Waals surface area contributed by atoms with E-state index in [2.05, 4.69) is 33.0 Å². The lowest BCUT2D eigenvalue weighted by Crippen LogP contribution is -2.18. The third-order valence-electron chi connectivity index (χ3n) is 4.26. The Hall–Kier alpha value is -3.18. The van der Waals surface area contributed by atoms with Crippen LogP contribution in [-0.4, -0.2) is 15.4 Å². The number of hydrogen-bond donors (Lipinski definition) is 0. The average molecular weight is 418 g/mol. The van der Waals surface area contributed by atoms with Crippen LogP contribution in [0.4, 0.5) is 0 Å². The summed E-state index contributed by atoms with van der Waals surface area (Å²) < 4.78 is 2.73. The second kappa shape index (κ2) is 7.21. The number of hydrogen-bond acceptors (Lipinski definition) is 3. The van der Waals surface area contributed by atoms with Crippen molar-refractivity contribution in [1.29, 1.82) is 0 Å². The lowest BCUT2D eigenvalue weighted by Gasteiger charge is -2.05. The van der Waals surface area contributed by atoms with Crippen LogP contribution in [-0.2, 0) is 4.79 Å². The Bertz CT molecular complexity index is 1150. The number of carbonyl (C=O) groups excluding carboxylic acids is 1. The van der Waals surface area contributed by atoms with E-state index in [1.807, 2.05) is 65.2 Å². The van der Waals surface area contributed by atoms with E-state index in [4.69, 9.17) is 0 Å². The maximum absolute atomic E-state index is 10.9. The van der Waals surface area contributed by atoms with Gasteiger partial charge in [0, 0.05) is 16.2 Å². The minimum Gasteiger partial charge on any atom is -0.545 e. The number of pyridine rings is 1. The molecule has 4 nitrogen and oxygen atoms in total. The summed E-state index contributed by atoms with van der Waals surface area (Å²) in [4.78, 5) is 15.6. The van der Waals surface area contributed by atoms with Crippen molar-refractivity contribution in [3.05, 3.63) is 89.2 Å². The summed E-state index contributed by atoms with van der Waals surface area (Å²) >= 11 is 3.45. The number of imidazole rings is 1. The van der Waals surface area contributed by atoms with Crippen LogP contribution >= 0.6 is 15.9 Å². The van der Waals surface area contributed by atoms with E-state index in [0.29, 0.717) is 11.4 Å². The Labute approximate surface area is 164 Å². The number of rotatable bonds is 4. The first kappa shape index (κ1) is 17.2. The van der Waals surface area contributed by atoms with Crippen LogP contribution in [0.1, 0.15) is 5.69 Å². The molecule has 4 aromatic rings. The highest BCUT2D eigenvalue weighted by Crippen LogP contribution is 2.29. The van der Waals surface area contributed by atoms with E-state index < -0.39 is 5.97 Å². The average Bonchev–Trinajstić information content (AvgIpc) is 3.05. The van der Waals surface area contributed by atoms with Crippen molar-refractivity contribution >= 4 is 33.6 Å². The predicted molar refractivity (Wildman–Crippen MR) is 108 cm³/mol. The van der Waals surface area contributed by atoms with Gasteiger partial charge in [-0.05, 0) is 51.3 Å². The predicted octanol–water partition coefficient (Wildman–Crippen LogP) is 4.19. The van der Waals surface area contributed by atoms with Gasteiger partial charge in [-0.2, -0.15) is 0 Å². The number of benzene rings is 2. The molecule has 2 heterocycles. The van der Waals surface area contributed by atoms with E-state index in [1.54, 1.807) is 0 Å². The van der Waals surface area contributed by atoms with E-state index in [-0.39, 0.29) is 0 Å². The quantitative estimate of drug-likeness (QED) is 0.467. The summed E-state index contributed by atoms with van der Waals surface area (Å²) in [6, 6.07) is 22.0. The minimum absolute atomic E-state index is 0.683. The van der Waals surface area contributed by atoms with E-state index >= 15 is 0 Å². The second-order valence-corrected chi connectivity index (χ2v) is 6.93. The molecule has 2 aromatic heterocycles. The molecule has 0 aliphatic carbocycles. The second-order valence-electron chi connectivity index (χ2n) is 6.02. The minimum atomic E-state index is -1.25. The maximum atomic E-state index is 10.9. The van der Waals surface area contributed by atoms with Gasteiger partial charge in [-0.3, -0.25) is 4.40 Å². The van der Waals surface area contributed by atoms with E-state index in [0.717, 1.165) is 32.9 Å². The van der Waals surface area contributed by atoms with Gasteiger partial charge >= 0.3 is 0 Å². The summed E-state index contributed by atoms with van der Waals surface area (Å²) in [7, 11) is 0. The third-order valence-corrected chi connectivity index (χ3v) is 4.73. The number of carbonyl (C=O) groups is 1. The molecule has 0 fully saturated rings. The molecule has 5 heteroatoms. The van der Waals surface area contributed by atoms with Crippen molar-refractivity contribution in [3.8, 4) is 22.4 Å². The van der Waals surface area contributed by atoms with E-state index in [9.17, 15) is 9.90 Å². The molecule has 0 amide bonds. The van der Waals surface area contributed by atoms with Crippen molar-refractivity contribution in [3.63, 3.8) is 0 Å². The highest BCUT2D eigenvalue weighted by atomic mass is 79.9. The number of fused-ring (bicyclic) bond motifs is 1. The van der Waals surface area contributed by atoms with Crippen molar-refractivity contribution in [2.75, 3.05) is 0 Å². The van der Waals surface area contributed by atoms with Crippen molar-refractivity contribution in [2.45, 2.75) is 0 Å². The Kier molecular flexibility index (Phi) is 4.60. The van der Waals surface area contributed by atoms with Gasteiger partial charge in [-0.1, -0.05) is 54.6 Å². The number of nitrogens with zero attached hydrogens (tertiary/aromatic N) is 2. The molecule has 0 N–H and O–H groups in total. The Morgan fingerprint density at radius 1 is 0.926 bits per heavy atom. The van der Waals surface area contributed by atoms with Gasteiger partial charge in [-0.15, -0.1) is 0 Å². The van der Waals surface area contributed by atoms with Gasteiger partial charge in [-0.25, -0.2) is 4.98 Å². The maximum Gasteiger partial charge on any atom is 0.138 e. The lowest BCUT2D eigenvalue weighted by molar-refractivity contribution is -0.297. The van der Waals surface area contributed by atoms with Crippen LogP contribution in [0.15, 0.2) is 83.5 Å². The monoisotopic (exact) mass is 417 g/mol. The molecule has 132 valence electrons. The molecule has 4 rings (SSSR count). The first-order valence-electron chi connectivity index (χ1n) is 8.34. The van der Waals surface area contributed by atoms with E-state index in [1.165, 1.54) is 6.08 Å². The molecule has 0 aliphatic heterocycles. The number of carboxylic acids is 1. The van der Waals surface area contributed by atoms with Gasteiger partial charge < -0.3 is 9.90 Å². The van der Waals surface area contributed by atoms with Crippen LogP contribution < -0.4 is 5.11 Å². The first-order chi connectivity index (χ1) is 13.1. The van der Waals surface area contributed by atoms with Crippen molar-refractivity contribution in [1.82, 2.24) is 9.38 Å². The van der Waals surface area contributed by atoms with Crippen LogP contribution in [0.5, 0.6) is 0 Å². The number of halogens is 1. The molecule has 2 aromatic carbocycles. The molecule has 0 saturated heterocycles. The lowest BCUT2D eigenvalue weighted by atomic mass is 10.0. The van der Waals surface area contributed by atoms with Crippen LogP contribution in [0.3, 0.4) is 0 Å². The molecule has 27 heavy (non-hydrogen) atoms. The number of carboxylic acid groups (broad SMARTS) is 1. The zero-order chi connectivity index (χ0) is 18.8. The third kappa shape index (κ3) is 3.55. The van der Waals surface area contributed by atoms with Gasteiger partial charge in [0.15, 0.2) is 0 Å². The summed E-state index contributed by atoms with van der Waals surface area (Å²) in [6.07, 6.45) is 4.40. The van der Waals surface area contributed by atoms with Crippen LogP contribution in [0.2, 0.25) is 0 Å². The molecule has 0 saturated carbocycles. The fourth-order valence-electron chi connectivity index (χ4n) is 3.01. The zero-order valence-electron chi connectivity index (χ0n) is 14.2. The standard InChI is InChI=1S/C22H15BrN2O2/c23-18-10-12-20-24-22(19(25(20)14-18)11-13-21(26)27)17-8-6-16(7-9-17)15-4-2-1-3-5-15/h1-14H,(H,26,27)/p-1/b13-11+. The molecule has 0 spiro atoms. The number of aliphatic carboxylic acids is 1. The molecule has 0 aliphatic rings. The molecular weight excluding hydrogens is 404 g/mol. The zero-order valence-corrected chi connectivity index (χ0v) is 15.8. The fourth-order valence-corrected chi connectivity index (χ4v) is 3.34. The highest BCUT2D eigenvalue weighted by Gasteiger charge is 2.12. The molecule has 0 bridgehead atoms. The summed E-state index contributed by atoms with van der Waals surface area (Å²) in [5.74, 6) is -1.25. The first-order valence-corrected chi connectivity index (χ1v) is 9.13. The van der Waals surface area contributed by atoms with Crippen LogP contribution in [0.25, 0.3) is 34.1 Å². The van der Waals surface area contributed by atoms with Crippen molar-refractivity contribution < 1.29 is 9.90 Å². The Morgan fingerprint density at radius 2 is 1.59 bits per heavy atom. The highest BCUT2D eigenvalue weighted by molar-refractivity contribution is 9.10. The van der Waals surface area contributed by atoms with Gasteiger partial charge in [0.05, 0.1) is 17.4 Å². The van der Waals surface area contributed by atoms with Gasteiger partial charge in [0.1, 0.15) is 5.65 Å². The Balaban J connectivity index is 1.83. The molecular formula is C22H14BrN2O2-. The Morgan fingerprint density at radius 3 is 2.30 bits per heavy atom. The molecule has 0 atom stereocenters. The molecule has 0 unspecified atom stereocenters. The summed E-state index contributed by atoms with van der Waals surface area (Å²) in [5, 5.41) is 10.9. The van der Waals surface area contributed by atoms with Gasteiger partial charge in [0.25, 0.3) is 0 Å². The largest absolute Gasteiger partial charge is 0.545 e. The summed E-state index contributed by atoms with van der Waals surface area (Å²) in [5.41, 5.74) is 5.29. The van der Waals surface area contributed by atoms with Crippen molar-refractivity contribution in [2.24, 2.45) is 0 Å². The SMILES string of the molecule is O=C([O-])/C=C/c1c(-c2ccc(-c3ccccc3)cc2)nc2ccc(Br)cn12. The molecule has 0 radical (unpaired) electrons. The van der Waals surface area contributed by atoms with Gasteiger partial charge in [0.2, 0.25) is 0 Å². The number of aromatic nitrogens is 2.